The van der Waals surface area contributed by atoms with Crippen LogP contribution in [-0.2, 0) is 4.79 Å². The van der Waals surface area contributed by atoms with Crippen LogP contribution in [0, 0.1) is 0 Å². The number of carbonyl (C=O) groups is 1. The second kappa shape index (κ2) is 3.63. The van der Waals surface area contributed by atoms with E-state index in [1.807, 2.05) is 0 Å². The number of carboxylic acids is 1. The summed E-state index contributed by atoms with van der Waals surface area (Å²) in [5.41, 5.74) is -0.257. The standard InChI is InChI=1S/C7H9ClO5/c8-4-2(7(12)13)1-3(9)5(10)6(4)11/h3,5-6,9-11H,1H2,(H,12,13). The van der Waals surface area contributed by atoms with Gasteiger partial charge in [0.25, 0.3) is 0 Å². The van der Waals surface area contributed by atoms with E-state index in [2.05, 4.69) is 0 Å². The molecule has 0 aliphatic heterocycles. The number of aliphatic carboxylic acids is 1. The Bertz CT molecular complexity index is 262. The molecule has 0 aromatic heterocycles. The third kappa shape index (κ3) is 1.83. The van der Waals surface area contributed by atoms with Gasteiger partial charge in [-0.15, -0.1) is 0 Å². The minimum absolute atomic E-state index is 0.257. The average Bonchev–Trinajstić information content (AvgIpc) is 2.07. The first-order chi connectivity index (χ1) is 5.95. The lowest BCUT2D eigenvalue weighted by atomic mass is 9.92. The van der Waals surface area contributed by atoms with Gasteiger partial charge in [0.05, 0.1) is 16.7 Å². The Balaban J connectivity index is 3.01. The van der Waals surface area contributed by atoms with Gasteiger partial charge in [0.1, 0.15) is 12.2 Å². The van der Waals surface area contributed by atoms with Crippen LogP contribution in [0.4, 0.5) is 0 Å². The Hall–Kier alpha value is -0.620. The minimum atomic E-state index is -1.52. The highest BCUT2D eigenvalue weighted by molar-refractivity contribution is 6.32. The van der Waals surface area contributed by atoms with Crippen LogP contribution >= 0.6 is 11.6 Å². The lowest BCUT2D eigenvalue weighted by molar-refractivity contribution is -0.134. The molecule has 3 atom stereocenters. The number of aliphatic hydroxyl groups excluding tert-OH is 3. The van der Waals surface area contributed by atoms with Crippen molar-refractivity contribution < 1.29 is 25.2 Å². The second-order valence-corrected chi connectivity index (χ2v) is 3.25. The Morgan fingerprint density at radius 1 is 1.38 bits per heavy atom. The summed E-state index contributed by atoms with van der Waals surface area (Å²) in [6.45, 7) is 0. The minimum Gasteiger partial charge on any atom is -0.478 e. The summed E-state index contributed by atoms with van der Waals surface area (Å²) in [4.78, 5) is 10.5. The third-order valence-corrected chi connectivity index (χ3v) is 2.39. The number of hydrogen-bond acceptors (Lipinski definition) is 4. The van der Waals surface area contributed by atoms with Crippen LogP contribution in [0.5, 0.6) is 0 Å². The normalized spacial score (nSPS) is 34.9. The van der Waals surface area contributed by atoms with E-state index in [9.17, 15) is 9.90 Å². The maximum Gasteiger partial charge on any atom is 0.332 e. The predicted octanol–water partition coefficient (Wildman–Crippen LogP) is -0.950. The summed E-state index contributed by atoms with van der Waals surface area (Å²) in [5.74, 6) is -1.30. The van der Waals surface area contributed by atoms with Crippen molar-refractivity contribution in [3.8, 4) is 0 Å². The van der Waals surface area contributed by atoms with Crippen LogP contribution in [-0.4, -0.2) is 44.7 Å². The van der Waals surface area contributed by atoms with Gasteiger partial charge in [-0.3, -0.25) is 0 Å². The van der Waals surface area contributed by atoms with Crippen LogP contribution in [0.1, 0.15) is 6.42 Å². The molecule has 5 nitrogen and oxygen atoms in total. The maximum atomic E-state index is 10.5. The number of hydrogen-bond donors (Lipinski definition) is 4. The molecule has 4 N–H and O–H groups in total. The van der Waals surface area contributed by atoms with E-state index >= 15 is 0 Å². The summed E-state index contributed by atoms with van der Waals surface area (Å²) < 4.78 is 0. The van der Waals surface area contributed by atoms with Gasteiger partial charge in [-0.05, 0) is 0 Å². The first-order valence-electron chi connectivity index (χ1n) is 3.61. The van der Waals surface area contributed by atoms with E-state index in [0.717, 1.165) is 0 Å². The molecule has 74 valence electrons. The Labute approximate surface area is 78.9 Å². The van der Waals surface area contributed by atoms with Gasteiger partial charge in [-0.2, -0.15) is 0 Å². The topological polar surface area (TPSA) is 98.0 Å². The molecule has 1 aliphatic rings. The Kier molecular flexibility index (Phi) is 2.92. The van der Waals surface area contributed by atoms with Crippen molar-refractivity contribution in [2.24, 2.45) is 0 Å². The SMILES string of the molecule is O=C(O)C1=C(Cl)C(O)C(O)C(O)C1. The van der Waals surface area contributed by atoms with Crippen molar-refractivity contribution in [1.29, 1.82) is 0 Å². The molecule has 0 fully saturated rings. The zero-order valence-electron chi connectivity index (χ0n) is 6.51. The first kappa shape index (κ1) is 10.5. The second-order valence-electron chi connectivity index (χ2n) is 2.84. The molecule has 1 rings (SSSR count). The van der Waals surface area contributed by atoms with Crippen molar-refractivity contribution in [1.82, 2.24) is 0 Å². The highest BCUT2D eigenvalue weighted by Gasteiger charge is 2.36. The molecule has 0 saturated heterocycles. The average molecular weight is 209 g/mol. The van der Waals surface area contributed by atoms with Crippen molar-refractivity contribution in [3.05, 3.63) is 10.6 Å². The molecule has 0 aromatic carbocycles. The zero-order valence-corrected chi connectivity index (χ0v) is 7.27. The van der Waals surface area contributed by atoms with Crippen molar-refractivity contribution in [2.75, 3.05) is 0 Å². The van der Waals surface area contributed by atoms with E-state index in [-0.39, 0.29) is 17.0 Å². The Morgan fingerprint density at radius 2 is 1.92 bits per heavy atom. The fourth-order valence-corrected chi connectivity index (χ4v) is 1.44. The molecule has 0 saturated carbocycles. The highest BCUT2D eigenvalue weighted by Crippen LogP contribution is 2.28. The van der Waals surface area contributed by atoms with Gasteiger partial charge in [0.15, 0.2) is 0 Å². The smallest absolute Gasteiger partial charge is 0.332 e. The lowest BCUT2D eigenvalue weighted by Crippen LogP contribution is -2.42. The quantitative estimate of drug-likeness (QED) is 0.446. The highest BCUT2D eigenvalue weighted by atomic mass is 35.5. The lowest BCUT2D eigenvalue weighted by Gasteiger charge is -2.28. The summed E-state index contributed by atoms with van der Waals surface area (Å²) in [6.07, 6.45) is -4.48. The Morgan fingerprint density at radius 3 is 2.38 bits per heavy atom. The van der Waals surface area contributed by atoms with Gasteiger partial charge in [0.2, 0.25) is 0 Å². The molecule has 6 heteroatoms. The molecule has 0 aromatic rings. The van der Waals surface area contributed by atoms with E-state index in [1.165, 1.54) is 0 Å². The molecule has 0 radical (unpaired) electrons. The first-order valence-corrected chi connectivity index (χ1v) is 3.99. The van der Waals surface area contributed by atoms with Crippen molar-refractivity contribution in [3.63, 3.8) is 0 Å². The summed E-state index contributed by atoms with van der Waals surface area (Å²) in [5, 5.41) is 35.7. The number of carboxylic acid groups (broad SMARTS) is 1. The van der Waals surface area contributed by atoms with Gasteiger partial charge < -0.3 is 20.4 Å². The number of aliphatic hydroxyl groups is 3. The summed E-state index contributed by atoms with van der Waals surface area (Å²) in [6, 6.07) is 0. The molecule has 3 unspecified atom stereocenters. The summed E-state index contributed by atoms with van der Waals surface area (Å²) >= 11 is 5.47. The zero-order chi connectivity index (χ0) is 10.2. The molecule has 1 aliphatic carbocycles. The van der Waals surface area contributed by atoms with E-state index < -0.39 is 24.3 Å². The van der Waals surface area contributed by atoms with Crippen LogP contribution in [0.2, 0.25) is 0 Å². The van der Waals surface area contributed by atoms with Gasteiger partial charge >= 0.3 is 5.97 Å². The van der Waals surface area contributed by atoms with E-state index in [1.54, 1.807) is 0 Å². The van der Waals surface area contributed by atoms with Crippen molar-refractivity contribution >= 4 is 17.6 Å². The predicted molar refractivity (Wildman–Crippen MR) is 43.2 cm³/mol. The number of halogens is 1. The molecule has 0 spiro atoms. The monoisotopic (exact) mass is 208 g/mol. The fourth-order valence-electron chi connectivity index (χ4n) is 1.16. The molecule has 0 amide bonds. The van der Waals surface area contributed by atoms with Crippen molar-refractivity contribution in [2.45, 2.75) is 24.7 Å². The van der Waals surface area contributed by atoms with Crippen LogP contribution < -0.4 is 0 Å². The van der Waals surface area contributed by atoms with E-state index in [0.29, 0.717) is 0 Å². The molecule has 0 heterocycles. The number of rotatable bonds is 1. The van der Waals surface area contributed by atoms with Crippen LogP contribution in [0.25, 0.3) is 0 Å². The molecular weight excluding hydrogens is 200 g/mol. The van der Waals surface area contributed by atoms with E-state index in [4.69, 9.17) is 26.9 Å². The van der Waals surface area contributed by atoms with Crippen LogP contribution in [0.15, 0.2) is 10.6 Å². The fraction of sp³-hybridized carbons (Fsp3) is 0.571. The molecule has 13 heavy (non-hydrogen) atoms. The molecular formula is C7H9ClO5. The largest absolute Gasteiger partial charge is 0.478 e. The van der Waals surface area contributed by atoms with Gasteiger partial charge in [-0.1, -0.05) is 11.6 Å². The van der Waals surface area contributed by atoms with Gasteiger partial charge in [-0.25, -0.2) is 4.79 Å². The maximum absolute atomic E-state index is 10.5. The third-order valence-electron chi connectivity index (χ3n) is 1.94. The molecule has 0 bridgehead atoms. The van der Waals surface area contributed by atoms with Crippen LogP contribution in [0.3, 0.4) is 0 Å². The van der Waals surface area contributed by atoms with Gasteiger partial charge in [0, 0.05) is 6.42 Å². The summed E-state index contributed by atoms with van der Waals surface area (Å²) in [7, 11) is 0.